The molecule has 0 fully saturated rings. The highest BCUT2D eigenvalue weighted by Crippen LogP contribution is 2.27. The third-order valence-electron chi connectivity index (χ3n) is 4.22. The summed E-state index contributed by atoms with van der Waals surface area (Å²) in [7, 11) is 0. The van der Waals surface area contributed by atoms with E-state index in [0.717, 1.165) is 32.7 Å². The molecule has 1 heterocycles. The van der Waals surface area contributed by atoms with Gasteiger partial charge >= 0.3 is 0 Å². The van der Waals surface area contributed by atoms with Gasteiger partial charge in [-0.15, -0.1) is 0 Å². The third kappa shape index (κ3) is 4.02. The van der Waals surface area contributed by atoms with Gasteiger partial charge in [0.05, 0.1) is 15.8 Å². The second kappa shape index (κ2) is 7.28. The van der Waals surface area contributed by atoms with E-state index in [9.17, 15) is 4.79 Å². The van der Waals surface area contributed by atoms with E-state index in [1.165, 1.54) is 17.3 Å². The van der Waals surface area contributed by atoms with E-state index in [4.69, 9.17) is 0 Å². The second-order valence-corrected chi connectivity index (χ2v) is 7.72. The molecule has 0 aliphatic carbocycles. The molecule has 0 aliphatic rings. The Kier molecular flexibility index (Phi) is 5.09. The smallest absolute Gasteiger partial charge is 0.237 e. The highest BCUT2D eigenvalue weighted by molar-refractivity contribution is 8.00. The average molecular weight is 350 g/mol. The van der Waals surface area contributed by atoms with Crippen LogP contribution in [0.4, 0.5) is 5.69 Å². The predicted octanol–water partition coefficient (Wildman–Crippen LogP) is 5.28. The van der Waals surface area contributed by atoms with Crippen molar-refractivity contribution in [2.75, 3.05) is 5.32 Å². The molecule has 3 rings (SSSR count). The maximum Gasteiger partial charge on any atom is 0.237 e. The molecule has 3 nitrogen and oxygen atoms in total. The van der Waals surface area contributed by atoms with Crippen LogP contribution in [0.15, 0.2) is 53.6 Å². The third-order valence-corrected chi connectivity index (χ3v) is 5.24. The molecule has 3 aromatic rings. The summed E-state index contributed by atoms with van der Waals surface area (Å²) < 4.78 is 0. The fourth-order valence-electron chi connectivity index (χ4n) is 2.72. The number of hydrogen-bond acceptors (Lipinski definition) is 3. The molecule has 0 aliphatic heterocycles. The van der Waals surface area contributed by atoms with Gasteiger partial charge in [-0.25, -0.2) is 4.98 Å². The molecule has 2 aromatic carbocycles. The van der Waals surface area contributed by atoms with Crippen molar-refractivity contribution in [1.29, 1.82) is 0 Å². The maximum absolute atomic E-state index is 12.6. The molecule has 1 atom stereocenters. The van der Waals surface area contributed by atoms with Crippen LogP contribution < -0.4 is 5.32 Å². The first-order chi connectivity index (χ1) is 11.9. The first kappa shape index (κ1) is 17.5. The van der Waals surface area contributed by atoms with Crippen LogP contribution in [0.3, 0.4) is 0 Å². The number of hydrogen-bond donors (Lipinski definition) is 1. The zero-order valence-electron chi connectivity index (χ0n) is 15.0. The minimum Gasteiger partial charge on any atom is -0.325 e. The molecule has 0 saturated carbocycles. The Bertz CT molecular complexity index is 936. The molecule has 1 N–H and O–H groups in total. The Balaban J connectivity index is 1.76. The van der Waals surface area contributed by atoms with Crippen molar-refractivity contribution in [2.45, 2.75) is 38.0 Å². The zero-order valence-corrected chi connectivity index (χ0v) is 15.8. The number of amides is 1. The second-order valence-electron chi connectivity index (χ2n) is 6.36. The number of carbonyl (C=O) groups excluding carboxylic acids is 1. The van der Waals surface area contributed by atoms with Gasteiger partial charge in [0.15, 0.2) is 0 Å². The number of rotatable bonds is 4. The lowest BCUT2D eigenvalue weighted by Gasteiger charge is -2.14. The number of aryl methyl sites for hydroxylation is 3. The van der Waals surface area contributed by atoms with Crippen molar-refractivity contribution in [3.63, 3.8) is 0 Å². The summed E-state index contributed by atoms with van der Waals surface area (Å²) in [5.74, 6) is -0.00804. The molecule has 0 spiro atoms. The number of nitrogens with zero attached hydrogens (tertiary/aromatic N) is 1. The van der Waals surface area contributed by atoms with Crippen molar-refractivity contribution >= 4 is 34.3 Å². The summed E-state index contributed by atoms with van der Waals surface area (Å²) in [5, 5.41) is 4.83. The number of benzene rings is 2. The van der Waals surface area contributed by atoms with Crippen LogP contribution in [-0.4, -0.2) is 16.1 Å². The summed E-state index contributed by atoms with van der Waals surface area (Å²) >= 11 is 1.49. The van der Waals surface area contributed by atoms with Crippen molar-refractivity contribution < 1.29 is 4.79 Å². The molecule has 4 heteroatoms. The highest BCUT2D eigenvalue weighted by Gasteiger charge is 2.17. The lowest BCUT2D eigenvalue weighted by atomic mass is 10.1. The van der Waals surface area contributed by atoms with Gasteiger partial charge in [0, 0.05) is 11.1 Å². The van der Waals surface area contributed by atoms with Crippen LogP contribution in [0.1, 0.15) is 23.6 Å². The number of aromatic nitrogens is 1. The fraction of sp³-hybridized carbons (Fsp3) is 0.238. The number of thioether (sulfide) groups is 1. The van der Waals surface area contributed by atoms with E-state index < -0.39 is 0 Å². The van der Waals surface area contributed by atoms with Gasteiger partial charge in [-0.2, -0.15) is 0 Å². The van der Waals surface area contributed by atoms with Gasteiger partial charge in [0.25, 0.3) is 0 Å². The van der Waals surface area contributed by atoms with E-state index >= 15 is 0 Å². The standard InChI is InChI=1S/C21H22N2OS/c1-13-9-10-14(2)19(11-13)23-21(24)16(4)25-20-12-15(3)17-7-5-6-8-18(17)22-20/h5-12,16H,1-4H3,(H,23,24). The quantitative estimate of drug-likeness (QED) is 0.651. The lowest BCUT2D eigenvalue weighted by Crippen LogP contribution is -2.23. The zero-order chi connectivity index (χ0) is 18.0. The lowest BCUT2D eigenvalue weighted by molar-refractivity contribution is -0.115. The summed E-state index contributed by atoms with van der Waals surface area (Å²) in [4.78, 5) is 17.2. The molecular weight excluding hydrogens is 328 g/mol. The summed E-state index contributed by atoms with van der Waals surface area (Å²) in [6.07, 6.45) is 0. The molecule has 128 valence electrons. The fourth-order valence-corrected chi connectivity index (χ4v) is 3.64. The largest absolute Gasteiger partial charge is 0.325 e. The average Bonchev–Trinajstić information content (AvgIpc) is 2.58. The van der Waals surface area contributed by atoms with Crippen molar-refractivity contribution in [1.82, 2.24) is 4.98 Å². The van der Waals surface area contributed by atoms with Crippen LogP contribution in [-0.2, 0) is 4.79 Å². The van der Waals surface area contributed by atoms with Gasteiger partial charge in [0.1, 0.15) is 0 Å². The predicted molar refractivity (Wildman–Crippen MR) is 106 cm³/mol. The normalized spacial score (nSPS) is 12.2. The highest BCUT2D eigenvalue weighted by atomic mass is 32.2. The molecule has 1 amide bonds. The topological polar surface area (TPSA) is 42.0 Å². The van der Waals surface area contributed by atoms with Crippen LogP contribution in [0, 0.1) is 20.8 Å². The number of pyridine rings is 1. The summed E-state index contributed by atoms with van der Waals surface area (Å²) in [6.45, 7) is 8.02. The van der Waals surface area contributed by atoms with E-state index in [-0.39, 0.29) is 11.2 Å². The Morgan fingerprint density at radius 2 is 1.80 bits per heavy atom. The van der Waals surface area contributed by atoms with Gasteiger partial charge < -0.3 is 5.32 Å². The van der Waals surface area contributed by atoms with Crippen molar-refractivity contribution in [3.05, 3.63) is 65.2 Å². The minimum atomic E-state index is -0.229. The summed E-state index contributed by atoms with van der Waals surface area (Å²) in [6, 6.07) is 16.2. The molecule has 0 radical (unpaired) electrons. The number of nitrogens with one attached hydrogen (secondary N) is 1. The van der Waals surface area contributed by atoms with Gasteiger partial charge in [-0.05, 0) is 62.6 Å². The number of carbonyl (C=O) groups is 1. The molecule has 1 unspecified atom stereocenters. The Morgan fingerprint density at radius 3 is 2.60 bits per heavy atom. The maximum atomic E-state index is 12.6. The van der Waals surface area contributed by atoms with Crippen LogP contribution in [0.2, 0.25) is 0 Å². The van der Waals surface area contributed by atoms with Gasteiger partial charge in [-0.1, -0.05) is 42.1 Å². The van der Waals surface area contributed by atoms with E-state index in [1.54, 1.807) is 0 Å². The van der Waals surface area contributed by atoms with E-state index in [2.05, 4.69) is 29.4 Å². The first-order valence-corrected chi connectivity index (χ1v) is 9.23. The molecule has 1 aromatic heterocycles. The first-order valence-electron chi connectivity index (χ1n) is 8.35. The van der Waals surface area contributed by atoms with Gasteiger partial charge in [-0.3, -0.25) is 4.79 Å². The number of anilines is 1. The monoisotopic (exact) mass is 350 g/mol. The summed E-state index contributed by atoms with van der Waals surface area (Å²) in [5.41, 5.74) is 5.21. The molecule has 0 saturated heterocycles. The number of fused-ring (bicyclic) bond motifs is 1. The van der Waals surface area contributed by atoms with E-state index in [0.29, 0.717) is 0 Å². The molecular formula is C21H22N2OS. The van der Waals surface area contributed by atoms with E-state index in [1.807, 2.05) is 57.2 Å². The van der Waals surface area contributed by atoms with Crippen molar-refractivity contribution in [2.24, 2.45) is 0 Å². The number of para-hydroxylation sites is 1. The van der Waals surface area contributed by atoms with Crippen LogP contribution in [0.25, 0.3) is 10.9 Å². The molecule has 25 heavy (non-hydrogen) atoms. The Hall–Kier alpha value is -2.33. The SMILES string of the molecule is Cc1ccc(C)c(NC(=O)C(C)Sc2cc(C)c3ccccc3n2)c1. The van der Waals surface area contributed by atoms with Crippen molar-refractivity contribution in [3.8, 4) is 0 Å². The Labute approximate surface area is 152 Å². The van der Waals surface area contributed by atoms with Crippen LogP contribution >= 0.6 is 11.8 Å². The van der Waals surface area contributed by atoms with Crippen LogP contribution in [0.5, 0.6) is 0 Å². The minimum absolute atomic E-state index is 0.00804. The Morgan fingerprint density at radius 1 is 1.04 bits per heavy atom. The van der Waals surface area contributed by atoms with Gasteiger partial charge in [0.2, 0.25) is 5.91 Å². The molecule has 0 bridgehead atoms.